The summed E-state index contributed by atoms with van der Waals surface area (Å²) < 4.78 is 13.2. The average Bonchev–Trinajstić information content (AvgIpc) is 2.79. The van der Waals surface area contributed by atoms with E-state index in [4.69, 9.17) is 0 Å². The van der Waals surface area contributed by atoms with Crippen molar-refractivity contribution in [3.63, 3.8) is 0 Å². The van der Waals surface area contributed by atoms with Gasteiger partial charge in [-0.1, -0.05) is 12.1 Å². The van der Waals surface area contributed by atoms with Crippen molar-refractivity contribution >= 4 is 11.9 Å². The van der Waals surface area contributed by atoms with E-state index in [2.05, 4.69) is 20.4 Å². The van der Waals surface area contributed by atoms with Gasteiger partial charge in [-0.25, -0.2) is 9.18 Å². The van der Waals surface area contributed by atoms with Gasteiger partial charge in [0.2, 0.25) is 5.91 Å². The Labute approximate surface area is 184 Å². The summed E-state index contributed by atoms with van der Waals surface area (Å²) in [4.78, 5) is 29.8. The first-order chi connectivity index (χ1) is 15.1. The van der Waals surface area contributed by atoms with Gasteiger partial charge in [0.05, 0.1) is 0 Å². The van der Waals surface area contributed by atoms with Crippen LogP contribution in [0.4, 0.5) is 9.18 Å². The number of urea groups is 1. The summed E-state index contributed by atoms with van der Waals surface area (Å²) >= 11 is 0. The van der Waals surface area contributed by atoms with E-state index in [1.807, 2.05) is 0 Å². The van der Waals surface area contributed by atoms with E-state index < -0.39 is 0 Å². The molecule has 3 aliphatic heterocycles. The van der Waals surface area contributed by atoms with Crippen LogP contribution in [0.15, 0.2) is 24.3 Å². The molecule has 3 aliphatic rings. The SMILES string of the molecule is CNC(=O)CCC[C@@H]1[C@H]2CCCN3CCC[C@@H](CN1C(=O)NCc1ccc(F)cc1)[C@@H]23. The molecule has 31 heavy (non-hydrogen) atoms. The second-order valence-electron chi connectivity index (χ2n) is 9.31. The number of carbonyl (C=O) groups is 2. The lowest BCUT2D eigenvalue weighted by atomic mass is 9.69. The first kappa shape index (κ1) is 22.1. The maximum absolute atomic E-state index is 13.3. The summed E-state index contributed by atoms with van der Waals surface area (Å²) in [5.41, 5.74) is 0.891. The second kappa shape index (κ2) is 9.98. The van der Waals surface area contributed by atoms with Crippen LogP contribution in [0.2, 0.25) is 0 Å². The Bertz CT molecular complexity index is 769. The van der Waals surface area contributed by atoms with E-state index in [0.717, 1.165) is 31.4 Å². The molecule has 3 saturated heterocycles. The van der Waals surface area contributed by atoms with Crippen LogP contribution in [0, 0.1) is 17.7 Å². The monoisotopic (exact) mass is 430 g/mol. The van der Waals surface area contributed by atoms with Crippen molar-refractivity contribution in [2.75, 3.05) is 26.7 Å². The van der Waals surface area contributed by atoms with Crippen LogP contribution in [0.3, 0.4) is 0 Å². The van der Waals surface area contributed by atoms with Gasteiger partial charge in [0.1, 0.15) is 5.82 Å². The van der Waals surface area contributed by atoms with Gasteiger partial charge in [0, 0.05) is 38.6 Å². The van der Waals surface area contributed by atoms with E-state index >= 15 is 0 Å². The molecule has 0 aromatic heterocycles. The van der Waals surface area contributed by atoms with Crippen molar-refractivity contribution in [3.05, 3.63) is 35.6 Å². The molecule has 0 saturated carbocycles. The van der Waals surface area contributed by atoms with Gasteiger partial charge in [0.25, 0.3) is 0 Å². The van der Waals surface area contributed by atoms with Gasteiger partial charge in [-0.2, -0.15) is 0 Å². The lowest BCUT2D eigenvalue weighted by Gasteiger charge is -2.57. The Balaban J connectivity index is 1.47. The summed E-state index contributed by atoms with van der Waals surface area (Å²) in [7, 11) is 1.67. The van der Waals surface area contributed by atoms with E-state index in [1.54, 1.807) is 19.2 Å². The fraction of sp³-hybridized carbons (Fsp3) is 0.667. The topological polar surface area (TPSA) is 64.7 Å². The maximum Gasteiger partial charge on any atom is 0.317 e. The minimum atomic E-state index is -0.271. The number of benzene rings is 1. The minimum Gasteiger partial charge on any atom is -0.359 e. The third kappa shape index (κ3) is 5.03. The Morgan fingerprint density at radius 1 is 1.13 bits per heavy atom. The van der Waals surface area contributed by atoms with Crippen LogP contribution in [0.5, 0.6) is 0 Å². The maximum atomic E-state index is 13.3. The van der Waals surface area contributed by atoms with Crippen LogP contribution in [-0.2, 0) is 11.3 Å². The molecule has 0 spiro atoms. The molecule has 6 nitrogen and oxygen atoms in total. The molecule has 3 fully saturated rings. The minimum absolute atomic E-state index is 0.0320. The van der Waals surface area contributed by atoms with Crippen molar-refractivity contribution in [3.8, 4) is 0 Å². The number of halogens is 1. The van der Waals surface area contributed by atoms with Crippen LogP contribution in [0.1, 0.15) is 50.5 Å². The molecule has 4 rings (SSSR count). The zero-order valence-electron chi connectivity index (χ0n) is 18.5. The van der Waals surface area contributed by atoms with Crippen LogP contribution in [-0.4, -0.2) is 60.5 Å². The van der Waals surface area contributed by atoms with Crippen LogP contribution >= 0.6 is 0 Å². The molecule has 3 heterocycles. The molecule has 4 atom stereocenters. The van der Waals surface area contributed by atoms with Gasteiger partial charge in [-0.15, -0.1) is 0 Å². The van der Waals surface area contributed by atoms with Crippen molar-refractivity contribution in [1.29, 1.82) is 0 Å². The fourth-order valence-electron chi connectivity index (χ4n) is 6.08. The molecule has 170 valence electrons. The van der Waals surface area contributed by atoms with Crippen molar-refractivity contribution in [1.82, 2.24) is 20.4 Å². The number of amides is 3. The van der Waals surface area contributed by atoms with Crippen LogP contribution < -0.4 is 10.6 Å². The standard InChI is InChI=1S/C24H35FN4O2/c1-26-22(30)8-2-7-21-20-6-4-14-28-13-3-5-18(23(20)28)16-29(21)24(31)27-15-17-9-11-19(25)12-10-17/h9-12,18,20-21,23H,2-8,13-16H2,1H3,(H,26,30)(H,27,31)/t18-,20+,21+,23-/m0/s1. The Morgan fingerprint density at radius 3 is 2.61 bits per heavy atom. The number of nitrogens with one attached hydrogen (secondary N) is 2. The zero-order valence-corrected chi connectivity index (χ0v) is 18.5. The highest BCUT2D eigenvalue weighted by Gasteiger charge is 2.49. The first-order valence-electron chi connectivity index (χ1n) is 11.8. The smallest absolute Gasteiger partial charge is 0.317 e. The number of carbonyl (C=O) groups excluding carboxylic acids is 2. The number of rotatable bonds is 6. The summed E-state index contributed by atoms with van der Waals surface area (Å²) in [5, 5.41) is 5.77. The summed E-state index contributed by atoms with van der Waals surface area (Å²) in [6, 6.07) is 6.98. The third-order valence-electron chi connectivity index (χ3n) is 7.47. The fourth-order valence-corrected chi connectivity index (χ4v) is 6.08. The highest BCUT2D eigenvalue weighted by atomic mass is 19.1. The van der Waals surface area contributed by atoms with E-state index in [1.165, 1.54) is 44.5 Å². The van der Waals surface area contributed by atoms with E-state index in [-0.39, 0.29) is 23.8 Å². The van der Waals surface area contributed by atoms with Crippen molar-refractivity contribution in [2.45, 2.75) is 63.6 Å². The Kier molecular flexibility index (Phi) is 7.10. The summed E-state index contributed by atoms with van der Waals surface area (Å²) in [5.74, 6) is 0.802. The van der Waals surface area contributed by atoms with E-state index in [0.29, 0.717) is 30.8 Å². The molecule has 3 amide bonds. The predicted octanol–water partition coefficient (Wildman–Crippen LogP) is 3.13. The van der Waals surface area contributed by atoms with Gasteiger partial charge in [0.15, 0.2) is 0 Å². The second-order valence-corrected chi connectivity index (χ2v) is 9.31. The molecular formula is C24H35FN4O2. The Hall–Kier alpha value is -2.15. The number of likely N-dealkylation sites (tertiary alicyclic amines) is 1. The third-order valence-corrected chi connectivity index (χ3v) is 7.47. The summed E-state index contributed by atoms with van der Waals surface area (Å²) in [6.45, 7) is 3.54. The van der Waals surface area contributed by atoms with Gasteiger partial charge in [-0.3, -0.25) is 9.69 Å². The van der Waals surface area contributed by atoms with Gasteiger partial charge < -0.3 is 15.5 Å². The highest BCUT2D eigenvalue weighted by molar-refractivity contribution is 5.76. The van der Waals surface area contributed by atoms with Gasteiger partial charge >= 0.3 is 6.03 Å². The summed E-state index contributed by atoms with van der Waals surface area (Å²) in [6.07, 6.45) is 6.89. The van der Waals surface area contributed by atoms with E-state index in [9.17, 15) is 14.0 Å². The first-order valence-corrected chi connectivity index (χ1v) is 11.8. The zero-order chi connectivity index (χ0) is 21.8. The predicted molar refractivity (Wildman–Crippen MR) is 118 cm³/mol. The van der Waals surface area contributed by atoms with Crippen molar-refractivity contribution in [2.24, 2.45) is 11.8 Å². The molecule has 0 bridgehead atoms. The highest BCUT2D eigenvalue weighted by Crippen LogP contribution is 2.43. The molecular weight excluding hydrogens is 395 g/mol. The molecule has 2 N–H and O–H groups in total. The molecule has 0 unspecified atom stereocenters. The number of piperidine rings is 3. The van der Waals surface area contributed by atoms with Crippen LogP contribution in [0.25, 0.3) is 0 Å². The lowest BCUT2D eigenvalue weighted by Crippen LogP contribution is -2.66. The normalized spacial score (nSPS) is 28.0. The molecule has 7 heteroatoms. The molecule has 0 aliphatic carbocycles. The number of nitrogens with zero attached hydrogens (tertiary/aromatic N) is 2. The molecule has 1 aromatic rings. The number of hydrogen-bond acceptors (Lipinski definition) is 3. The lowest BCUT2D eigenvalue weighted by molar-refractivity contribution is -0.120. The largest absolute Gasteiger partial charge is 0.359 e. The van der Waals surface area contributed by atoms with Crippen molar-refractivity contribution < 1.29 is 14.0 Å². The molecule has 1 aromatic carbocycles. The molecule has 0 radical (unpaired) electrons. The average molecular weight is 431 g/mol. The quantitative estimate of drug-likeness (QED) is 0.729. The van der Waals surface area contributed by atoms with Gasteiger partial charge in [-0.05, 0) is 81.1 Å². The Morgan fingerprint density at radius 2 is 1.87 bits per heavy atom. The number of hydrogen-bond donors (Lipinski definition) is 2.